The highest BCUT2D eigenvalue weighted by molar-refractivity contribution is 7.86. The lowest BCUT2D eigenvalue weighted by molar-refractivity contribution is -1.03. The molecule has 0 atom stereocenters. The number of benzene rings is 3. The summed E-state index contributed by atoms with van der Waals surface area (Å²) in [6.45, 7) is 4.26. The molecule has 3 aromatic carbocycles. The molecule has 0 N–H and O–H groups in total. The molecule has 0 amide bonds. The highest BCUT2D eigenvalue weighted by Crippen LogP contribution is 2.11. The summed E-state index contributed by atoms with van der Waals surface area (Å²) in [6, 6.07) is 20.9. The van der Waals surface area contributed by atoms with Crippen molar-refractivity contribution in [3.63, 3.8) is 0 Å². The van der Waals surface area contributed by atoms with Crippen LogP contribution in [-0.4, -0.2) is 8.42 Å². The third-order valence-corrected chi connectivity index (χ3v) is 11.9. The first-order valence-corrected chi connectivity index (χ1v) is 14.5. The van der Waals surface area contributed by atoms with Crippen LogP contribution in [0.5, 0.6) is 0 Å². The summed E-state index contributed by atoms with van der Waals surface area (Å²) in [5.74, 6) is -0.484. The van der Waals surface area contributed by atoms with Gasteiger partial charge in [0.2, 0.25) is 0 Å². The van der Waals surface area contributed by atoms with E-state index >= 15 is 0 Å². The summed E-state index contributed by atoms with van der Waals surface area (Å²) in [7, 11) is -4.01. The molecule has 0 aliphatic carbocycles. The molecule has 3 aromatic rings. The predicted octanol–water partition coefficient (Wildman–Crippen LogP) is 2.72. The Bertz CT molecular complexity index is 998. The van der Waals surface area contributed by atoms with Crippen LogP contribution in [0.4, 0.5) is 4.39 Å². The second-order valence-electron chi connectivity index (χ2n) is 6.97. The van der Waals surface area contributed by atoms with E-state index in [-0.39, 0.29) is 4.90 Å². The van der Waals surface area contributed by atoms with Crippen LogP contribution in [0.25, 0.3) is 0 Å². The third-order valence-electron chi connectivity index (χ3n) is 4.55. The van der Waals surface area contributed by atoms with Crippen molar-refractivity contribution in [2.24, 2.45) is 0 Å². The lowest BCUT2D eigenvalue weighted by Gasteiger charge is -2.08. The Morgan fingerprint density at radius 3 is 1.57 bits per heavy atom. The van der Waals surface area contributed by atoms with Gasteiger partial charge in [-0.2, -0.15) is 8.42 Å². The Morgan fingerprint density at radius 2 is 1.17 bits per heavy atom. The standard InChI is InChI=1S/C24H26FIO3S/c1-3-5-19-7-13-22(14-8-19)26(23-15-9-20(6-4-2)10-16-23)29-30(27,28)24-17-11-21(25)12-18-24/h7-18H,3-6H2,1-2H3/q+1. The summed E-state index contributed by atoms with van der Waals surface area (Å²) in [6.07, 6.45) is 4.07. The molecule has 0 bridgehead atoms. The third kappa shape index (κ3) is 5.89. The Kier molecular flexibility index (Phi) is 8.02. The van der Waals surface area contributed by atoms with Crippen molar-refractivity contribution in [1.29, 1.82) is 0 Å². The summed E-state index contributed by atoms with van der Waals surface area (Å²) in [4.78, 5) is -0.0311. The van der Waals surface area contributed by atoms with E-state index in [0.717, 1.165) is 45.0 Å². The fraction of sp³-hybridized carbons (Fsp3) is 0.250. The molecular weight excluding hydrogens is 514 g/mol. The van der Waals surface area contributed by atoms with Gasteiger partial charge in [0, 0.05) is 0 Å². The zero-order valence-corrected chi connectivity index (χ0v) is 20.1. The second-order valence-corrected chi connectivity index (χ2v) is 13.5. The van der Waals surface area contributed by atoms with Gasteiger partial charge < -0.3 is 0 Å². The topological polar surface area (TPSA) is 43.4 Å². The summed E-state index contributed by atoms with van der Waals surface area (Å²) < 4.78 is 46.8. The summed E-state index contributed by atoms with van der Waals surface area (Å²) in [5, 5.41) is 0. The first kappa shape index (κ1) is 22.9. The molecule has 6 heteroatoms. The van der Waals surface area contributed by atoms with Crippen molar-refractivity contribution in [1.82, 2.24) is 0 Å². The quantitative estimate of drug-likeness (QED) is 0.393. The van der Waals surface area contributed by atoms with Crippen molar-refractivity contribution in [3.8, 4) is 0 Å². The van der Waals surface area contributed by atoms with Gasteiger partial charge in [-0.3, -0.25) is 0 Å². The molecule has 1 radical (unpaired) electrons. The first-order valence-electron chi connectivity index (χ1n) is 10.0. The van der Waals surface area contributed by atoms with Crippen LogP contribution in [-0.2, 0) is 25.5 Å². The molecule has 0 heterocycles. The van der Waals surface area contributed by atoms with Gasteiger partial charge in [0.25, 0.3) is 0 Å². The molecule has 30 heavy (non-hydrogen) atoms. The lowest BCUT2D eigenvalue weighted by atomic mass is 10.1. The van der Waals surface area contributed by atoms with Crippen molar-refractivity contribution in [2.75, 3.05) is 0 Å². The Labute approximate surface area is 186 Å². The molecule has 0 saturated heterocycles. The van der Waals surface area contributed by atoms with Crippen molar-refractivity contribution in [2.45, 2.75) is 44.4 Å². The molecule has 0 aliphatic rings. The molecule has 0 spiro atoms. The lowest BCUT2D eigenvalue weighted by Crippen LogP contribution is -3.85. The highest BCUT2D eigenvalue weighted by atomic mass is 127. The van der Waals surface area contributed by atoms with Gasteiger partial charge in [-0.15, -0.1) is 0 Å². The van der Waals surface area contributed by atoms with Crippen LogP contribution in [0.2, 0.25) is 0 Å². The smallest absolute Gasteiger partial charge is 0.207 e. The van der Waals surface area contributed by atoms with Gasteiger partial charge in [-0.1, -0.05) is 51.0 Å². The SMILES string of the molecule is CCCc1ccc([I+](OS(=O)(=O)c2ccc(F)cc2)c2ccc(CCC)cc2)cc1. The molecule has 0 saturated carbocycles. The molecule has 159 valence electrons. The number of halogens is 2. The van der Waals surface area contributed by atoms with Gasteiger partial charge in [0.05, 0.1) is 4.90 Å². The van der Waals surface area contributed by atoms with E-state index in [4.69, 9.17) is 2.51 Å². The van der Waals surface area contributed by atoms with E-state index < -0.39 is 36.2 Å². The maximum absolute atomic E-state index is 13.2. The monoisotopic (exact) mass is 540 g/mol. The van der Waals surface area contributed by atoms with E-state index in [1.54, 1.807) is 0 Å². The normalized spacial score (nSPS) is 11.7. The van der Waals surface area contributed by atoms with Crippen molar-refractivity contribution in [3.05, 3.63) is 96.9 Å². The minimum absolute atomic E-state index is 0.0311. The number of rotatable bonds is 9. The Balaban J connectivity index is 1.97. The Hall–Kier alpha value is -1.77. The molecule has 3 nitrogen and oxygen atoms in total. The van der Waals surface area contributed by atoms with Crippen LogP contribution in [0.15, 0.2) is 77.7 Å². The van der Waals surface area contributed by atoms with Gasteiger partial charge in [-0.25, -0.2) is 4.39 Å². The van der Waals surface area contributed by atoms with E-state index in [0.29, 0.717) is 0 Å². The zero-order valence-electron chi connectivity index (χ0n) is 17.1. The van der Waals surface area contributed by atoms with Crippen LogP contribution >= 0.6 is 0 Å². The maximum atomic E-state index is 13.2. The summed E-state index contributed by atoms with van der Waals surface area (Å²) in [5.41, 5.74) is 2.44. The highest BCUT2D eigenvalue weighted by Gasteiger charge is 2.37. The average Bonchev–Trinajstić information content (AvgIpc) is 2.74. The predicted molar refractivity (Wildman–Crippen MR) is 113 cm³/mol. The Morgan fingerprint density at radius 1 is 0.733 bits per heavy atom. The average molecular weight is 540 g/mol. The van der Waals surface area contributed by atoms with E-state index in [9.17, 15) is 12.8 Å². The summed E-state index contributed by atoms with van der Waals surface area (Å²) >= 11 is -2.74. The number of aryl methyl sites for hydroxylation is 2. The molecule has 0 fully saturated rings. The van der Waals surface area contributed by atoms with Crippen molar-refractivity contribution < 1.29 is 35.6 Å². The van der Waals surface area contributed by atoms with Crippen LogP contribution in [0.3, 0.4) is 0 Å². The molecular formula is C24H26FIO3S+. The van der Waals surface area contributed by atoms with Crippen LogP contribution in [0, 0.1) is 13.0 Å². The minimum Gasteiger partial charge on any atom is -0.207 e. The van der Waals surface area contributed by atoms with Crippen molar-refractivity contribution >= 4 is 10.1 Å². The van der Waals surface area contributed by atoms with E-state index in [1.165, 1.54) is 23.3 Å². The number of hydrogen-bond acceptors (Lipinski definition) is 3. The zero-order chi connectivity index (χ0) is 21.6. The van der Waals surface area contributed by atoms with Gasteiger partial charge >= 0.3 is 30.4 Å². The fourth-order valence-electron chi connectivity index (χ4n) is 3.03. The maximum Gasteiger partial charge on any atom is 0.336 e. The van der Waals surface area contributed by atoms with E-state index in [1.807, 2.05) is 48.5 Å². The molecule has 0 aromatic heterocycles. The van der Waals surface area contributed by atoms with Crippen LogP contribution < -0.4 is 20.2 Å². The molecule has 0 aliphatic heterocycles. The molecule has 3 rings (SSSR count). The van der Waals surface area contributed by atoms with Crippen LogP contribution in [0.1, 0.15) is 37.8 Å². The minimum atomic E-state index is -4.01. The molecule has 0 unspecified atom stereocenters. The first-order chi connectivity index (χ1) is 14.4. The van der Waals surface area contributed by atoms with E-state index in [2.05, 4.69) is 13.8 Å². The van der Waals surface area contributed by atoms with Gasteiger partial charge in [0.15, 0.2) is 7.14 Å². The number of hydrogen-bond donors (Lipinski definition) is 0. The van der Waals surface area contributed by atoms with Gasteiger partial charge in [0.1, 0.15) is 5.82 Å². The van der Waals surface area contributed by atoms with Gasteiger partial charge in [-0.05, 0) is 75.0 Å². The second kappa shape index (κ2) is 10.5. The fourth-order valence-corrected chi connectivity index (χ4v) is 9.91. The largest absolute Gasteiger partial charge is 0.336 e.